The number of aromatic nitrogens is 2. The van der Waals surface area contributed by atoms with Gasteiger partial charge in [-0.25, -0.2) is 4.98 Å². The van der Waals surface area contributed by atoms with E-state index in [-0.39, 0.29) is 0 Å². The van der Waals surface area contributed by atoms with Crippen molar-refractivity contribution in [2.24, 2.45) is 0 Å². The monoisotopic (exact) mass is 393 g/mol. The molecule has 1 heterocycles. The van der Waals surface area contributed by atoms with E-state index in [2.05, 4.69) is 48.7 Å². The summed E-state index contributed by atoms with van der Waals surface area (Å²) in [5.74, 6) is 1.21. The Bertz CT molecular complexity index is 945. The highest BCUT2D eigenvalue weighted by Crippen LogP contribution is 2.23. The summed E-state index contributed by atoms with van der Waals surface area (Å²) in [5.41, 5.74) is 4.40. The quantitative estimate of drug-likeness (QED) is 0.635. The molecule has 0 saturated heterocycles. The average molecular weight is 394 g/mol. The fraction of sp³-hybridized carbons (Fsp3) is 0.105. The molecule has 0 fully saturated rings. The number of rotatable bonds is 4. The Balaban J connectivity index is 1.82. The molecule has 0 spiro atoms. The van der Waals surface area contributed by atoms with E-state index < -0.39 is 0 Å². The summed E-state index contributed by atoms with van der Waals surface area (Å²) in [4.78, 5) is 8.92. The topological polar surface area (TPSA) is 73.6 Å². The van der Waals surface area contributed by atoms with E-state index in [1.165, 1.54) is 0 Å². The zero-order valence-corrected chi connectivity index (χ0v) is 15.4. The SMILES string of the molecule is Cc1cc(Nc2ccc(Br)c(C)c2)nc(Nc2ccc(C#N)cc2)n1. The summed E-state index contributed by atoms with van der Waals surface area (Å²) in [6.07, 6.45) is 0. The number of hydrogen-bond donors (Lipinski definition) is 2. The molecule has 0 bridgehead atoms. The summed E-state index contributed by atoms with van der Waals surface area (Å²) in [5, 5.41) is 15.3. The largest absolute Gasteiger partial charge is 0.340 e. The van der Waals surface area contributed by atoms with Crippen molar-refractivity contribution in [2.75, 3.05) is 10.6 Å². The number of aryl methyl sites for hydroxylation is 2. The van der Waals surface area contributed by atoms with Crippen LogP contribution in [-0.2, 0) is 0 Å². The smallest absolute Gasteiger partial charge is 0.229 e. The maximum Gasteiger partial charge on any atom is 0.229 e. The predicted octanol–water partition coefficient (Wildman–Crippen LogP) is 5.21. The van der Waals surface area contributed by atoms with E-state index in [0.717, 1.165) is 27.1 Å². The Kier molecular flexibility index (Phi) is 4.96. The Morgan fingerprint density at radius 2 is 1.64 bits per heavy atom. The van der Waals surface area contributed by atoms with E-state index in [1.807, 2.05) is 44.2 Å². The molecule has 3 aromatic rings. The van der Waals surface area contributed by atoms with Gasteiger partial charge in [0.2, 0.25) is 5.95 Å². The molecule has 2 aromatic carbocycles. The van der Waals surface area contributed by atoms with Gasteiger partial charge in [0.05, 0.1) is 11.6 Å². The van der Waals surface area contributed by atoms with Crippen LogP contribution in [0, 0.1) is 25.2 Å². The molecule has 0 aliphatic rings. The van der Waals surface area contributed by atoms with Gasteiger partial charge in [0.1, 0.15) is 5.82 Å². The number of anilines is 4. The van der Waals surface area contributed by atoms with Crippen LogP contribution in [0.2, 0.25) is 0 Å². The normalized spacial score (nSPS) is 10.2. The molecule has 0 amide bonds. The lowest BCUT2D eigenvalue weighted by Crippen LogP contribution is -2.02. The molecular formula is C19H16BrN5. The summed E-state index contributed by atoms with van der Waals surface area (Å²) in [7, 11) is 0. The van der Waals surface area contributed by atoms with Gasteiger partial charge in [0, 0.05) is 27.6 Å². The highest BCUT2D eigenvalue weighted by molar-refractivity contribution is 9.10. The van der Waals surface area contributed by atoms with Gasteiger partial charge in [-0.05, 0) is 61.9 Å². The van der Waals surface area contributed by atoms with Gasteiger partial charge in [-0.15, -0.1) is 0 Å². The molecule has 1 aromatic heterocycles. The molecule has 5 nitrogen and oxygen atoms in total. The molecule has 3 rings (SSSR count). The van der Waals surface area contributed by atoms with E-state index in [1.54, 1.807) is 12.1 Å². The molecule has 124 valence electrons. The van der Waals surface area contributed by atoms with Crippen molar-refractivity contribution in [3.8, 4) is 6.07 Å². The van der Waals surface area contributed by atoms with E-state index in [9.17, 15) is 0 Å². The summed E-state index contributed by atoms with van der Waals surface area (Å²) in [6, 6.07) is 17.2. The van der Waals surface area contributed by atoms with Crippen molar-refractivity contribution in [3.63, 3.8) is 0 Å². The van der Waals surface area contributed by atoms with Crippen LogP contribution in [-0.4, -0.2) is 9.97 Å². The van der Waals surface area contributed by atoms with E-state index >= 15 is 0 Å². The first kappa shape index (κ1) is 16.9. The maximum atomic E-state index is 8.86. The third-order valence-electron chi connectivity index (χ3n) is 3.55. The maximum absolute atomic E-state index is 8.86. The van der Waals surface area contributed by atoms with Crippen LogP contribution in [0.25, 0.3) is 0 Å². The minimum atomic E-state index is 0.501. The van der Waals surface area contributed by atoms with Gasteiger partial charge in [0.15, 0.2) is 0 Å². The summed E-state index contributed by atoms with van der Waals surface area (Å²) < 4.78 is 1.07. The minimum absolute atomic E-state index is 0.501. The van der Waals surface area contributed by atoms with Gasteiger partial charge >= 0.3 is 0 Å². The molecule has 0 atom stereocenters. The summed E-state index contributed by atoms with van der Waals surface area (Å²) in [6.45, 7) is 3.96. The lowest BCUT2D eigenvalue weighted by Gasteiger charge is -2.11. The van der Waals surface area contributed by atoms with Crippen molar-refractivity contribution in [3.05, 3.63) is 69.8 Å². The fourth-order valence-corrected chi connectivity index (χ4v) is 2.56. The van der Waals surface area contributed by atoms with Crippen molar-refractivity contribution >= 4 is 39.1 Å². The molecule has 0 aliphatic heterocycles. The number of nitrogens with one attached hydrogen (secondary N) is 2. The van der Waals surface area contributed by atoms with Crippen molar-refractivity contribution in [1.29, 1.82) is 5.26 Å². The van der Waals surface area contributed by atoms with Crippen LogP contribution in [0.15, 0.2) is 53.0 Å². The number of benzene rings is 2. The Morgan fingerprint density at radius 3 is 2.32 bits per heavy atom. The van der Waals surface area contributed by atoms with Crippen LogP contribution >= 0.6 is 15.9 Å². The fourth-order valence-electron chi connectivity index (χ4n) is 2.32. The summed E-state index contributed by atoms with van der Waals surface area (Å²) >= 11 is 3.50. The second kappa shape index (κ2) is 7.32. The van der Waals surface area contributed by atoms with Crippen LogP contribution < -0.4 is 10.6 Å². The first-order chi connectivity index (χ1) is 12.0. The van der Waals surface area contributed by atoms with E-state index in [0.29, 0.717) is 17.3 Å². The molecule has 0 unspecified atom stereocenters. The van der Waals surface area contributed by atoms with Crippen LogP contribution in [0.1, 0.15) is 16.8 Å². The number of nitriles is 1. The standard InChI is InChI=1S/C19H16BrN5/c1-12-9-16(7-8-17(12)20)23-18-10-13(2)22-19(25-18)24-15-5-3-14(11-21)4-6-15/h3-10H,1-2H3,(H2,22,23,24,25). The zero-order chi connectivity index (χ0) is 17.8. The van der Waals surface area contributed by atoms with Gasteiger partial charge in [-0.3, -0.25) is 0 Å². The molecule has 25 heavy (non-hydrogen) atoms. The number of nitrogens with zero attached hydrogens (tertiary/aromatic N) is 3. The molecule has 0 aliphatic carbocycles. The average Bonchev–Trinajstić information content (AvgIpc) is 2.58. The van der Waals surface area contributed by atoms with Gasteiger partial charge in [-0.1, -0.05) is 15.9 Å². The third kappa shape index (κ3) is 4.34. The van der Waals surface area contributed by atoms with Gasteiger partial charge < -0.3 is 10.6 Å². The van der Waals surface area contributed by atoms with Crippen molar-refractivity contribution in [1.82, 2.24) is 9.97 Å². The molecule has 2 N–H and O–H groups in total. The second-order valence-electron chi connectivity index (χ2n) is 5.62. The lowest BCUT2D eigenvalue weighted by molar-refractivity contribution is 1.11. The number of hydrogen-bond acceptors (Lipinski definition) is 5. The Hall–Kier alpha value is -2.91. The molecule has 0 radical (unpaired) electrons. The lowest BCUT2D eigenvalue weighted by atomic mass is 10.2. The van der Waals surface area contributed by atoms with Crippen LogP contribution in [0.3, 0.4) is 0 Å². The first-order valence-corrected chi connectivity index (χ1v) is 8.49. The molecule has 6 heteroatoms. The van der Waals surface area contributed by atoms with Gasteiger partial charge in [0.25, 0.3) is 0 Å². The highest BCUT2D eigenvalue weighted by atomic mass is 79.9. The van der Waals surface area contributed by atoms with Crippen LogP contribution in [0.4, 0.5) is 23.1 Å². The van der Waals surface area contributed by atoms with E-state index in [4.69, 9.17) is 5.26 Å². The Labute approximate surface area is 154 Å². The zero-order valence-electron chi connectivity index (χ0n) is 13.8. The minimum Gasteiger partial charge on any atom is -0.340 e. The molecular weight excluding hydrogens is 378 g/mol. The molecule has 0 saturated carbocycles. The van der Waals surface area contributed by atoms with Crippen molar-refractivity contribution in [2.45, 2.75) is 13.8 Å². The van der Waals surface area contributed by atoms with Gasteiger partial charge in [-0.2, -0.15) is 10.2 Å². The van der Waals surface area contributed by atoms with Crippen LogP contribution in [0.5, 0.6) is 0 Å². The Morgan fingerprint density at radius 1 is 0.920 bits per heavy atom. The first-order valence-electron chi connectivity index (χ1n) is 7.69. The van der Waals surface area contributed by atoms with Crippen molar-refractivity contribution < 1.29 is 0 Å². The number of halogens is 1. The predicted molar refractivity (Wildman–Crippen MR) is 103 cm³/mol. The second-order valence-corrected chi connectivity index (χ2v) is 6.48. The highest BCUT2D eigenvalue weighted by Gasteiger charge is 2.05. The third-order valence-corrected chi connectivity index (χ3v) is 4.44.